The summed E-state index contributed by atoms with van der Waals surface area (Å²) in [5, 5.41) is -0.0932. The van der Waals surface area contributed by atoms with Crippen molar-refractivity contribution in [2.24, 2.45) is 0 Å². The van der Waals surface area contributed by atoms with Crippen LogP contribution in [0.2, 0.25) is 5.02 Å². The number of ether oxygens (including phenoxy) is 1. The predicted octanol–water partition coefficient (Wildman–Crippen LogP) is 8.13. The Morgan fingerprint density at radius 2 is 1.76 bits per heavy atom. The lowest BCUT2D eigenvalue weighted by molar-refractivity contribution is -0.113. The van der Waals surface area contributed by atoms with Crippen LogP contribution in [0, 0.1) is 11.6 Å². The lowest BCUT2D eigenvalue weighted by atomic mass is 10.2. The van der Waals surface area contributed by atoms with Crippen LogP contribution >= 0.6 is 67.4 Å². The van der Waals surface area contributed by atoms with Crippen molar-refractivity contribution in [2.75, 3.05) is 4.90 Å². The van der Waals surface area contributed by atoms with Crippen molar-refractivity contribution < 1.29 is 18.3 Å². The first-order chi connectivity index (χ1) is 15.7. The number of carbonyl (C=O) groups is 1. The Balaban J connectivity index is 1.56. The maximum atomic E-state index is 13.9. The highest BCUT2D eigenvalue weighted by Crippen LogP contribution is 2.40. The summed E-state index contributed by atoms with van der Waals surface area (Å²) >= 11 is 19.3. The fraction of sp³-hybridized carbons (Fsp3) is 0.0435. The SMILES string of the molecule is O=C1C(=Cc2cc(Br)c(OCc3ccccc3F)c(Br)c2)SC(=S)N1c1ccc(F)c(Cl)c1. The second-order valence-electron chi connectivity index (χ2n) is 6.81. The van der Waals surface area contributed by atoms with E-state index in [1.54, 1.807) is 36.4 Å². The van der Waals surface area contributed by atoms with Gasteiger partial charge in [0.2, 0.25) is 0 Å². The number of carbonyl (C=O) groups excluding carboxylic acids is 1. The third-order valence-electron chi connectivity index (χ3n) is 4.60. The van der Waals surface area contributed by atoms with Crippen LogP contribution in [0.4, 0.5) is 14.5 Å². The number of thiocarbonyl (C=S) groups is 1. The van der Waals surface area contributed by atoms with Gasteiger partial charge in [-0.05, 0) is 79.9 Å². The fourth-order valence-corrected chi connectivity index (χ4v) is 5.96. The number of hydrogen-bond donors (Lipinski definition) is 0. The van der Waals surface area contributed by atoms with E-state index in [1.807, 2.05) is 0 Å². The molecule has 0 bridgehead atoms. The van der Waals surface area contributed by atoms with Gasteiger partial charge >= 0.3 is 0 Å². The third kappa shape index (κ3) is 5.33. The topological polar surface area (TPSA) is 29.5 Å². The molecule has 3 aromatic carbocycles. The number of amides is 1. The Morgan fingerprint density at radius 3 is 2.42 bits per heavy atom. The van der Waals surface area contributed by atoms with Crippen molar-refractivity contribution >= 4 is 89.4 Å². The van der Waals surface area contributed by atoms with Gasteiger partial charge in [0.05, 0.1) is 24.6 Å². The minimum atomic E-state index is -0.576. The monoisotopic (exact) mass is 629 g/mol. The highest BCUT2D eigenvalue weighted by molar-refractivity contribution is 9.11. The highest BCUT2D eigenvalue weighted by Gasteiger charge is 2.33. The van der Waals surface area contributed by atoms with E-state index in [2.05, 4.69) is 31.9 Å². The summed E-state index contributed by atoms with van der Waals surface area (Å²) in [5.41, 5.74) is 1.54. The lowest BCUT2D eigenvalue weighted by Crippen LogP contribution is -2.27. The van der Waals surface area contributed by atoms with Crippen molar-refractivity contribution in [3.05, 3.63) is 96.2 Å². The molecule has 3 nitrogen and oxygen atoms in total. The summed E-state index contributed by atoms with van der Waals surface area (Å²) in [4.78, 5) is 14.7. The molecule has 3 aromatic rings. The van der Waals surface area contributed by atoms with Crippen LogP contribution < -0.4 is 9.64 Å². The van der Waals surface area contributed by atoms with Gasteiger partial charge in [0.25, 0.3) is 5.91 Å². The molecule has 0 aromatic heterocycles. The van der Waals surface area contributed by atoms with Gasteiger partial charge in [-0.15, -0.1) is 0 Å². The molecule has 33 heavy (non-hydrogen) atoms. The quantitative estimate of drug-likeness (QED) is 0.210. The van der Waals surface area contributed by atoms with Crippen LogP contribution in [0.3, 0.4) is 0 Å². The molecule has 1 heterocycles. The first-order valence-electron chi connectivity index (χ1n) is 9.33. The van der Waals surface area contributed by atoms with Crippen molar-refractivity contribution in [2.45, 2.75) is 6.61 Å². The maximum absolute atomic E-state index is 13.9. The van der Waals surface area contributed by atoms with Crippen molar-refractivity contribution in [1.82, 2.24) is 0 Å². The number of hydrogen-bond acceptors (Lipinski definition) is 4. The molecule has 1 aliphatic heterocycles. The summed E-state index contributed by atoms with van der Waals surface area (Å²) in [5.74, 6) is -0.747. The average Bonchev–Trinajstić information content (AvgIpc) is 3.03. The van der Waals surface area contributed by atoms with E-state index in [9.17, 15) is 13.6 Å². The summed E-state index contributed by atoms with van der Waals surface area (Å²) in [6.07, 6.45) is 1.70. The molecule has 0 aliphatic carbocycles. The van der Waals surface area contributed by atoms with E-state index in [0.29, 0.717) is 40.7 Å². The van der Waals surface area contributed by atoms with Crippen molar-refractivity contribution in [3.8, 4) is 5.75 Å². The van der Waals surface area contributed by atoms with Crippen LogP contribution in [0.5, 0.6) is 5.75 Å². The number of halogens is 5. The van der Waals surface area contributed by atoms with Crippen LogP contribution in [-0.4, -0.2) is 10.2 Å². The minimum absolute atomic E-state index is 0.0576. The number of rotatable bonds is 5. The first-order valence-corrected chi connectivity index (χ1v) is 12.5. The standard InChI is InChI=1S/C23H12Br2ClF2NO2S2/c24-15-7-12(8-16(25)21(15)31-11-13-3-1-2-4-18(13)27)9-20-22(30)29(23(32)33-20)14-5-6-19(28)17(26)10-14/h1-10H,11H2. The number of nitrogens with zero attached hydrogens (tertiary/aromatic N) is 1. The minimum Gasteiger partial charge on any atom is -0.486 e. The molecule has 10 heteroatoms. The lowest BCUT2D eigenvalue weighted by Gasteiger charge is -2.15. The average molecular weight is 632 g/mol. The molecular formula is C23H12Br2ClF2NO2S2. The van der Waals surface area contributed by atoms with Gasteiger partial charge in [-0.25, -0.2) is 8.78 Å². The second-order valence-corrected chi connectivity index (χ2v) is 10.6. The molecule has 1 fully saturated rings. The van der Waals surface area contributed by atoms with Gasteiger partial charge in [-0.2, -0.15) is 0 Å². The molecule has 0 radical (unpaired) electrons. The first kappa shape index (κ1) is 24.3. The van der Waals surface area contributed by atoms with E-state index in [1.165, 1.54) is 29.2 Å². The van der Waals surface area contributed by atoms with Crippen molar-refractivity contribution in [1.29, 1.82) is 0 Å². The van der Waals surface area contributed by atoms with Crippen molar-refractivity contribution in [3.63, 3.8) is 0 Å². The van der Waals surface area contributed by atoms with Crippen LogP contribution in [0.1, 0.15) is 11.1 Å². The molecule has 1 amide bonds. The van der Waals surface area contributed by atoms with Gasteiger partial charge in [0.1, 0.15) is 24.0 Å². The van der Waals surface area contributed by atoms with Gasteiger partial charge in [0, 0.05) is 5.56 Å². The van der Waals surface area contributed by atoms with Gasteiger partial charge in [-0.1, -0.05) is 53.8 Å². The molecular weight excluding hydrogens is 620 g/mol. The molecule has 0 N–H and O–H groups in total. The second kappa shape index (κ2) is 10.2. The Hall–Kier alpha value is -1.78. The van der Waals surface area contributed by atoms with Gasteiger partial charge in [-0.3, -0.25) is 9.69 Å². The molecule has 4 rings (SSSR count). The molecule has 1 aliphatic rings. The summed E-state index contributed by atoms with van der Waals surface area (Å²) in [6, 6.07) is 13.9. The molecule has 168 valence electrons. The van der Waals surface area contributed by atoms with E-state index in [0.717, 1.165) is 11.8 Å². The number of anilines is 1. The number of benzene rings is 3. The molecule has 0 spiro atoms. The predicted molar refractivity (Wildman–Crippen MR) is 140 cm³/mol. The van der Waals surface area contributed by atoms with Crippen LogP contribution in [0.25, 0.3) is 6.08 Å². The Kier molecular flexibility index (Phi) is 7.55. The van der Waals surface area contributed by atoms with E-state index < -0.39 is 5.82 Å². The zero-order chi connectivity index (χ0) is 23.7. The smallest absolute Gasteiger partial charge is 0.270 e. The van der Waals surface area contributed by atoms with Crippen LogP contribution in [0.15, 0.2) is 68.4 Å². The molecule has 0 atom stereocenters. The zero-order valence-corrected chi connectivity index (χ0v) is 22.0. The summed E-state index contributed by atoms with van der Waals surface area (Å²) in [7, 11) is 0. The van der Waals surface area contributed by atoms with E-state index >= 15 is 0 Å². The highest BCUT2D eigenvalue weighted by atomic mass is 79.9. The van der Waals surface area contributed by atoms with E-state index in [-0.39, 0.29) is 23.4 Å². The summed E-state index contributed by atoms with van der Waals surface area (Å²) < 4.78 is 34.7. The molecule has 0 unspecified atom stereocenters. The van der Waals surface area contributed by atoms with Gasteiger partial charge in [0.15, 0.2) is 4.32 Å². The number of thioether (sulfide) groups is 1. The Bertz CT molecular complexity index is 1300. The van der Waals surface area contributed by atoms with Crippen LogP contribution in [-0.2, 0) is 11.4 Å². The third-order valence-corrected chi connectivity index (χ3v) is 7.37. The molecule has 1 saturated heterocycles. The maximum Gasteiger partial charge on any atom is 0.270 e. The van der Waals surface area contributed by atoms with Gasteiger partial charge < -0.3 is 4.74 Å². The normalized spacial score (nSPS) is 14.9. The fourth-order valence-electron chi connectivity index (χ4n) is 3.03. The van der Waals surface area contributed by atoms with E-state index in [4.69, 9.17) is 28.6 Å². The molecule has 0 saturated carbocycles. The Labute approximate surface area is 220 Å². The summed E-state index contributed by atoms with van der Waals surface area (Å²) in [6.45, 7) is 0.0576. The largest absolute Gasteiger partial charge is 0.486 e. The Morgan fingerprint density at radius 1 is 1.06 bits per heavy atom. The zero-order valence-electron chi connectivity index (χ0n) is 16.5.